The van der Waals surface area contributed by atoms with E-state index in [1.165, 1.54) is 0 Å². The molecule has 1 aromatic heterocycles. The van der Waals surface area contributed by atoms with Crippen molar-refractivity contribution in [3.8, 4) is 0 Å². The van der Waals surface area contributed by atoms with Gasteiger partial charge in [0.1, 0.15) is 11.6 Å². The van der Waals surface area contributed by atoms with Crippen molar-refractivity contribution >= 4 is 11.6 Å². The summed E-state index contributed by atoms with van der Waals surface area (Å²) >= 11 is 0. The SMILES string of the molecule is CNc1cncc(N2CCC(C(C)O)C2)n1. The Morgan fingerprint density at radius 1 is 1.56 bits per heavy atom. The predicted molar refractivity (Wildman–Crippen MR) is 63.6 cm³/mol. The van der Waals surface area contributed by atoms with Crippen molar-refractivity contribution in [2.45, 2.75) is 19.4 Å². The fourth-order valence-electron chi connectivity index (χ4n) is 2.02. The largest absolute Gasteiger partial charge is 0.393 e. The van der Waals surface area contributed by atoms with Gasteiger partial charge < -0.3 is 15.3 Å². The molecule has 2 heterocycles. The van der Waals surface area contributed by atoms with E-state index < -0.39 is 0 Å². The van der Waals surface area contributed by atoms with Crippen LogP contribution < -0.4 is 10.2 Å². The zero-order valence-electron chi connectivity index (χ0n) is 9.72. The Hall–Kier alpha value is -1.36. The maximum Gasteiger partial charge on any atom is 0.149 e. The van der Waals surface area contributed by atoms with Gasteiger partial charge in [-0.3, -0.25) is 4.98 Å². The van der Waals surface area contributed by atoms with Gasteiger partial charge in [0.25, 0.3) is 0 Å². The van der Waals surface area contributed by atoms with E-state index in [9.17, 15) is 5.11 Å². The normalized spacial score (nSPS) is 22.2. The van der Waals surface area contributed by atoms with Crippen LogP contribution in [-0.2, 0) is 0 Å². The highest BCUT2D eigenvalue weighted by Crippen LogP contribution is 2.24. The van der Waals surface area contributed by atoms with Crippen LogP contribution in [0.1, 0.15) is 13.3 Å². The number of aromatic nitrogens is 2. The van der Waals surface area contributed by atoms with Crippen molar-refractivity contribution in [3.05, 3.63) is 12.4 Å². The number of nitrogens with one attached hydrogen (secondary N) is 1. The van der Waals surface area contributed by atoms with Gasteiger partial charge in [0.05, 0.1) is 18.5 Å². The van der Waals surface area contributed by atoms with Crippen LogP contribution in [0.3, 0.4) is 0 Å². The van der Waals surface area contributed by atoms with Gasteiger partial charge in [0, 0.05) is 26.1 Å². The van der Waals surface area contributed by atoms with Gasteiger partial charge in [-0.15, -0.1) is 0 Å². The molecule has 1 aromatic rings. The first-order valence-electron chi connectivity index (χ1n) is 5.63. The van der Waals surface area contributed by atoms with E-state index in [-0.39, 0.29) is 6.10 Å². The molecule has 0 amide bonds. The topological polar surface area (TPSA) is 61.3 Å². The summed E-state index contributed by atoms with van der Waals surface area (Å²) in [6, 6.07) is 0. The van der Waals surface area contributed by atoms with Crippen molar-refractivity contribution in [2.75, 3.05) is 30.4 Å². The van der Waals surface area contributed by atoms with Crippen molar-refractivity contribution in [1.82, 2.24) is 9.97 Å². The molecule has 0 radical (unpaired) electrons. The van der Waals surface area contributed by atoms with Crippen molar-refractivity contribution in [3.63, 3.8) is 0 Å². The molecular weight excluding hydrogens is 204 g/mol. The second-order valence-electron chi connectivity index (χ2n) is 4.25. The molecule has 0 aromatic carbocycles. The minimum atomic E-state index is -0.245. The molecule has 88 valence electrons. The number of aliphatic hydroxyl groups is 1. The minimum Gasteiger partial charge on any atom is -0.393 e. The Kier molecular flexibility index (Phi) is 3.24. The summed E-state index contributed by atoms with van der Waals surface area (Å²) in [5.74, 6) is 2.01. The number of hydrogen-bond donors (Lipinski definition) is 2. The lowest BCUT2D eigenvalue weighted by Gasteiger charge is -2.18. The van der Waals surface area contributed by atoms with E-state index in [1.54, 1.807) is 12.4 Å². The summed E-state index contributed by atoms with van der Waals surface area (Å²) in [6.07, 6.45) is 4.24. The minimum absolute atomic E-state index is 0.245. The zero-order valence-corrected chi connectivity index (χ0v) is 9.72. The molecule has 1 aliphatic heterocycles. The first kappa shape index (κ1) is 11.1. The molecule has 5 heteroatoms. The van der Waals surface area contributed by atoms with Crippen LogP contribution in [0.5, 0.6) is 0 Å². The van der Waals surface area contributed by atoms with Crippen molar-refractivity contribution < 1.29 is 5.11 Å². The summed E-state index contributed by atoms with van der Waals surface area (Å²) < 4.78 is 0. The molecule has 5 nitrogen and oxygen atoms in total. The second-order valence-corrected chi connectivity index (χ2v) is 4.25. The standard InChI is InChI=1S/C11H18N4O/c1-8(16)9-3-4-15(7-9)11-6-13-5-10(12-2)14-11/h5-6,8-9,16H,3-4,7H2,1-2H3,(H,12,14). The molecular formula is C11H18N4O. The average molecular weight is 222 g/mol. The van der Waals surface area contributed by atoms with Crippen LogP contribution in [0.15, 0.2) is 12.4 Å². The second kappa shape index (κ2) is 4.65. The molecule has 0 bridgehead atoms. The van der Waals surface area contributed by atoms with E-state index in [2.05, 4.69) is 20.2 Å². The highest BCUT2D eigenvalue weighted by Gasteiger charge is 2.26. The van der Waals surface area contributed by atoms with Crippen LogP contribution in [0.4, 0.5) is 11.6 Å². The molecule has 1 saturated heterocycles. The zero-order chi connectivity index (χ0) is 11.5. The Labute approximate surface area is 95.5 Å². The summed E-state index contributed by atoms with van der Waals surface area (Å²) in [6.45, 7) is 3.65. The lowest BCUT2D eigenvalue weighted by atomic mass is 10.0. The smallest absolute Gasteiger partial charge is 0.149 e. The van der Waals surface area contributed by atoms with Gasteiger partial charge in [-0.05, 0) is 13.3 Å². The lowest BCUT2D eigenvalue weighted by molar-refractivity contribution is 0.136. The summed E-state index contributed by atoms with van der Waals surface area (Å²) in [7, 11) is 1.83. The molecule has 16 heavy (non-hydrogen) atoms. The Balaban J connectivity index is 2.08. The van der Waals surface area contributed by atoms with E-state index in [4.69, 9.17) is 0 Å². The molecule has 0 saturated carbocycles. The quantitative estimate of drug-likeness (QED) is 0.789. The molecule has 2 atom stereocenters. The molecule has 0 aliphatic carbocycles. The summed E-state index contributed by atoms with van der Waals surface area (Å²) in [4.78, 5) is 10.8. The van der Waals surface area contributed by atoms with Gasteiger partial charge >= 0.3 is 0 Å². The maximum absolute atomic E-state index is 9.54. The molecule has 2 rings (SSSR count). The Bertz CT molecular complexity index is 356. The van der Waals surface area contributed by atoms with Crippen LogP contribution in [0, 0.1) is 5.92 Å². The molecule has 1 fully saturated rings. The fraction of sp³-hybridized carbons (Fsp3) is 0.636. The highest BCUT2D eigenvalue weighted by molar-refractivity contribution is 5.44. The molecule has 2 unspecified atom stereocenters. The van der Waals surface area contributed by atoms with Gasteiger partial charge in [0.2, 0.25) is 0 Å². The third kappa shape index (κ3) is 2.24. The first-order valence-corrected chi connectivity index (χ1v) is 5.63. The molecule has 0 spiro atoms. The summed E-state index contributed by atoms with van der Waals surface area (Å²) in [5, 5.41) is 12.5. The van der Waals surface area contributed by atoms with Gasteiger partial charge in [-0.25, -0.2) is 4.98 Å². The molecule has 2 N–H and O–H groups in total. The van der Waals surface area contributed by atoms with Crippen molar-refractivity contribution in [2.24, 2.45) is 5.92 Å². The van der Waals surface area contributed by atoms with Crippen LogP contribution in [0.2, 0.25) is 0 Å². The first-order chi connectivity index (χ1) is 7.70. The Morgan fingerprint density at radius 2 is 2.38 bits per heavy atom. The fourth-order valence-corrected chi connectivity index (χ4v) is 2.02. The highest BCUT2D eigenvalue weighted by atomic mass is 16.3. The van der Waals surface area contributed by atoms with E-state index in [0.29, 0.717) is 5.92 Å². The third-order valence-corrected chi connectivity index (χ3v) is 3.11. The number of nitrogens with zero attached hydrogens (tertiary/aromatic N) is 3. The van der Waals surface area contributed by atoms with E-state index in [0.717, 1.165) is 31.1 Å². The average Bonchev–Trinajstić information content (AvgIpc) is 2.78. The maximum atomic E-state index is 9.54. The number of aliphatic hydroxyl groups excluding tert-OH is 1. The van der Waals surface area contributed by atoms with Crippen molar-refractivity contribution in [1.29, 1.82) is 0 Å². The number of hydrogen-bond acceptors (Lipinski definition) is 5. The van der Waals surface area contributed by atoms with E-state index in [1.807, 2.05) is 14.0 Å². The summed E-state index contributed by atoms with van der Waals surface area (Å²) in [5.41, 5.74) is 0. The monoisotopic (exact) mass is 222 g/mol. The van der Waals surface area contributed by atoms with E-state index >= 15 is 0 Å². The Morgan fingerprint density at radius 3 is 3.00 bits per heavy atom. The van der Waals surface area contributed by atoms with Crippen LogP contribution in [-0.4, -0.2) is 41.3 Å². The van der Waals surface area contributed by atoms with Crippen LogP contribution in [0.25, 0.3) is 0 Å². The van der Waals surface area contributed by atoms with Gasteiger partial charge in [-0.2, -0.15) is 0 Å². The number of anilines is 2. The molecule has 1 aliphatic rings. The van der Waals surface area contributed by atoms with Crippen LogP contribution >= 0.6 is 0 Å². The lowest BCUT2D eigenvalue weighted by Crippen LogP contribution is -2.24. The predicted octanol–water partition coefficient (Wildman–Crippen LogP) is 0.725. The third-order valence-electron chi connectivity index (χ3n) is 3.11. The van der Waals surface area contributed by atoms with Gasteiger partial charge in [-0.1, -0.05) is 0 Å². The number of rotatable bonds is 3. The van der Waals surface area contributed by atoms with Gasteiger partial charge in [0.15, 0.2) is 0 Å².